The molecule has 27 heavy (non-hydrogen) atoms. The molecule has 0 bridgehead atoms. The summed E-state index contributed by atoms with van der Waals surface area (Å²) in [5, 5.41) is 14.6. The Morgan fingerprint density at radius 2 is 1.04 bits per heavy atom. The first-order valence-corrected chi connectivity index (χ1v) is 10.2. The van der Waals surface area contributed by atoms with E-state index in [9.17, 15) is 0 Å². The minimum absolute atomic E-state index is 0. The van der Waals surface area contributed by atoms with Gasteiger partial charge in [-0.1, -0.05) is 26.7 Å². The summed E-state index contributed by atoms with van der Waals surface area (Å²) in [7, 11) is 0. The number of hydrogen-bond acceptors (Lipinski definition) is 4. The molecular weight excluding hydrogens is 426 g/mol. The molecule has 4 atom stereocenters. The fourth-order valence-electron chi connectivity index (χ4n) is 4.54. The Labute approximate surface area is 192 Å². The molecule has 4 nitrogen and oxygen atoms in total. The molecule has 2 saturated carbocycles. The second-order valence-electron chi connectivity index (χ2n) is 7.47. The van der Waals surface area contributed by atoms with Crippen LogP contribution in [0.5, 0.6) is 0 Å². The van der Waals surface area contributed by atoms with Crippen LogP contribution in [-0.4, -0.2) is 51.4 Å². The first-order chi connectivity index (χ1) is 11.3. The molecule has 0 aromatic carbocycles. The van der Waals surface area contributed by atoms with Crippen LogP contribution in [0.25, 0.3) is 0 Å². The summed E-state index contributed by atoms with van der Waals surface area (Å²) in [6, 6.07) is 1.52. The smallest absolute Gasteiger partial charge is 0.0107 e. The molecule has 0 spiro atoms. The maximum absolute atomic E-state index is 3.68. The summed E-state index contributed by atoms with van der Waals surface area (Å²) in [5.41, 5.74) is 0. The van der Waals surface area contributed by atoms with E-state index in [1.807, 2.05) is 0 Å². The van der Waals surface area contributed by atoms with Crippen LogP contribution in [0.4, 0.5) is 0 Å². The minimum atomic E-state index is 0. The van der Waals surface area contributed by atoms with Crippen molar-refractivity contribution in [3.8, 4) is 0 Å². The van der Waals surface area contributed by atoms with E-state index in [-0.39, 0.29) is 49.6 Å². The standard InChI is InChI=1S/C19H40N4.4ClH/c1-3-22-18-10-5-8-16(18)14-20-12-7-13-21-15-17-9-6-11-19(17)23-4-2;;;;/h16-23H,3-15H2,1-2H3;4*1H. The summed E-state index contributed by atoms with van der Waals surface area (Å²) in [6.45, 7) is 11.4. The molecule has 0 aliphatic heterocycles. The predicted molar refractivity (Wildman–Crippen MR) is 129 cm³/mol. The van der Waals surface area contributed by atoms with Gasteiger partial charge in [0.1, 0.15) is 0 Å². The highest BCUT2D eigenvalue weighted by atomic mass is 35.5. The van der Waals surface area contributed by atoms with Gasteiger partial charge >= 0.3 is 0 Å². The first kappa shape index (κ1) is 32.7. The van der Waals surface area contributed by atoms with E-state index in [0.717, 1.165) is 50.1 Å². The van der Waals surface area contributed by atoms with Crippen molar-refractivity contribution in [3.63, 3.8) is 0 Å². The number of hydrogen-bond donors (Lipinski definition) is 4. The highest BCUT2D eigenvalue weighted by molar-refractivity contribution is 5.86. The van der Waals surface area contributed by atoms with Crippen LogP contribution in [0.2, 0.25) is 0 Å². The second-order valence-corrected chi connectivity index (χ2v) is 7.47. The molecule has 0 aromatic heterocycles. The van der Waals surface area contributed by atoms with Crippen molar-refractivity contribution in [1.82, 2.24) is 21.3 Å². The van der Waals surface area contributed by atoms with E-state index in [2.05, 4.69) is 35.1 Å². The van der Waals surface area contributed by atoms with Gasteiger partial charge < -0.3 is 21.3 Å². The SMILES string of the molecule is CCNC1CCCC1CNCCCNCC1CCCC1NCC.Cl.Cl.Cl.Cl. The molecule has 8 heteroatoms. The average molecular weight is 470 g/mol. The summed E-state index contributed by atoms with van der Waals surface area (Å²) in [4.78, 5) is 0. The molecule has 4 N–H and O–H groups in total. The molecule has 2 aliphatic rings. The summed E-state index contributed by atoms with van der Waals surface area (Å²) in [5.74, 6) is 1.70. The third-order valence-corrected chi connectivity index (χ3v) is 5.77. The van der Waals surface area contributed by atoms with Gasteiger partial charge in [0, 0.05) is 12.1 Å². The maximum atomic E-state index is 3.68. The van der Waals surface area contributed by atoms with Crippen molar-refractivity contribution in [3.05, 3.63) is 0 Å². The van der Waals surface area contributed by atoms with Crippen LogP contribution >= 0.6 is 49.6 Å². The van der Waals surface area contributed by atoms with Crippen LogP contribution in [-0.2, 0) is 0 Å². The number of rotatable bonds is 12. The molecule has 2 aliphatic carbocycles. The predicted octanol–water partition coefficient (Wildman–Crippen LogP) is 3.80. The van der Waals surface area contributed by atoms with E-state index in [4.69, 9.17) is 0 Å². The van der Waals surface area contributed by atoms with Crippen molar-refractivity contribution < 1.29 is 0 Å². The average Bonchev–Trinajstić information content (AvgIpc) is 3.17. The third kappa shape index (κ3) is 12.3. The summed E-state index contributed by atoms with van der Waals surface area (Å²) < 4.78 is 0. The lowest BCUT2D eigenvalue weighted by Gasteiger charge is -2.21. The van der Waals surface area contributed by atoms with E-state index < -0.39 is 0 Å². The topological polar surface area (TPSA) is 48.1 Å². The van der Waals surface area contributed by atoms with Gasteiger partial charge in [0.15, 0.2) is 0 Å². The molecule has 0 radical (unpaired) electrons. The van der Waals surface area contributed by atoms with Gasteiger partial charge in [-0.3, -0.25) is 0 Å². The van der Waals surface area contributed by atoms with Crippen molar-refractivity contribution in [1.29, 1.82) is 0 Å². The Morgan fingerprint density at radius 3 is 1.41 bits per heavy atom. The van der Waals surface area contributed by atoms with Gasteiger partial charge in [0.2, 0.25) is 0 Å². The minimum Gasteiger partial charge on any atom is -0.316 e. The Bertz CT molecular complexity index is 285. The highest BCUT2D eigenvalue weighted by Crippen LogP contribution is 2.25. The number of nitrogens with one attached hydrogen (secondary N) is 4. The molecule has 0 heterocycles. The van der Waals surface area contributed by atoms with Gasteiger partial charge in [-0.05, 0) is 83.2 Å². The highest BCUT2D eigenvalue weighted by Gasteiger charge is 2.26. The van der Waals surface area contributed by atoms with Gasteiger partial charge in [-0.25, -0.2) is 0 Å². The van der Waals surface area contributed by atoms with Gasteiger partial charge in [0.25, 0.3) is 0 Å². The van der Waals surface area contributed by atoms with Crippen LogP contribution in [0.1, 0.15) is 58.8 Å². The zero-order chi connectivity index (χ0) is 16.3. The Hall–Kier alpha value is 1.00. The van der Waals surface area contributed by atoms with Crippen LogP contribution in [0.15, 0.2) is 0 Å². The second kappa shape index (κ2) is 20.3. The van der Waals surface area contributed by atoms with Crippen molar-refractivity contribution in [2.24, 2.45) is 11.8 Å². The van der Waals surface area contributed by atoms with Crippen molar-refractivity contribution in [2.75, 3.05) is 39.3 Å². The van der Waals surface area contributed by atoms with Gasteiger partial charge in [0.05, 0.1) is 0 Å². The molecule has 0 saturated heterocycles. The van der Waals surface area contributed by atoms with E-state index >= 15 is 0 Å². The zero-order valence-corrected chi connectivity index (χ0v) is 20.4. The fraction of sp³-hybridized carbons (Fsp3) is 1.00. The normalized spacial score (nSPS) is 26.4. The Kier molecular flexibility index (Phi) is 24.5. The Balaban J connectivity index is -0.00000144. The van der Waals surface area contributed by atoms with E-state index in [1.54, 1.807) is 0 Å². The molecular formula is C19H44Cl4N4. The number of halogens is 4. The monoisotopic (exact) mass is 468 g/mol. The van der Waals surface area contributed by atoms with E-state index in [1.165, 1.54) is 58.0 Å². The van der Waals surface area contributed by atoms with Crippen LogP contribution < -0.4 is 21.3 Å². The van der Waals surface area contributed by atoms with Crippen molar-refractivity contribution >= 4 is 49.6 Å². The molecule has 168 valence electrons. The molecule has 0 amide bonds. The summed E-state index contributed by atoms with van der Waals surface area (Å²) in [6.07, 6.45) is 9.59. The molecule has 0 aromatic rings. The first-order valence-electron chi connectivity index (χ1n) is 10.2. The van der Waals surface area contributed by atoms with Crippen LogP contribution in [0, 0.1) is 11.8 Å². The lowest BCUT2D eigenvalue weighted by molar-refractivity contribution is 0.376. The maximum Gasteiger partial charge on any atom is 0.0107 e. The lowest BCUT2D eigenvalue weighted by Crippen LogP contribution is -2.39. The lowest BCUT2D eigenvalue weighted by atomic mass is 10.0. The molecule has 2 fully saturated rings. The third-order valence-electron chi connectivity index (χ3n) is 5.77. The molecule has 4 unspecified atom stereocenters. The van der Waals surface area contributed by atoms with Crippen LogP contribution in [0.3, 0.4) is 0 Å². The quantitative estimate of drug-likeness (QED) is 0.328. The molecule has 2 rings (SSSR count). The largest absolute Gasteiger partial charge is 0.316 e. The summed E-state index contributed by atoms with van der Waals surface area (Å²) >= 11 is 0. The Morgan fingerprint density at radius 1 is 0.630 bits per heavy atom. The van der Waals surface area contributed by atoms with E-state index in [0.29, 0.717) is 0 Å². The van der Waals surface area contributed by atoms with Gasteiger partial charge in [-0.2, -0.15) is 0 Å². The van der Waals surface area contributed by atoms with Gasteiger partial charge in [-0.15, -0.1) is 49.6 Å². The van der Waals surface area contributed by atoms with Crippen molar-refractivity contribution in [2.45, 2.75) is 70.9 Å². The fourth-order valence-corrected chi connectivity index (χ4v) is 4.54. The zero-order valence-electron chi connectivity index (χ0n) is 17.1.